The minimum atomic E-state index is -0.320. The van der Waals surface area contributed by atoms with Gasteiger partial charge < -0.3 is 10.5 Å². The third-order valence-electron chi connectivity index (χ3n) is 3.40. The highest BCUT2D eigenvalue weighted by molar-refractivity contribution is 5.32. The van der Waals surface area contributed by atoms with Crippen molar-refractivity contribution in [3.05, 3.63) is 29.6 Å². The molecule has 1 fully saturated rings. The van der Waals surface area contributed by atoms with E-state index in [-0.39, 0.29) is 17.3 Å². The molecule has 1 atom stereocenters. The summed E-state index contributed by atoms with van der Waals surface area (Å²) in [5.74, 6) is -0.0153. The van der Waals surface area contributed by atoms with Gasteiger partial charge in [-0.25, -0.2) is 4.39 Å². The van der Waals surface area contributed by atoms with E-state index in [1.807, 2.05) is 13.0 Å². The quantitative estimate of drug-likeness (QED) is 0.851. The first-order valence-electron chi connectivity index (χ1n) is 5.74. The molecule has 88 valence electrons. The van der Waals surface area contributed by atoms with Gasteiger partial charge in [0.1, 0.15) is 0 Å². The highest BCUT2D eigenvalue weighted by atomic mass is 19.1. The van der Waals surface area contributed by atoms with Crippen molar-refractivity contribution >= 4 is 0 Å². The van der Waals surface area contributed by atoms with E-state index >= 15 is 0 Å². The van der Waals surface area contributed by atoms with Crippen LogP contribution in [-0.4, -0.2) is 6.61 Å². The zero-order valence-corrected chi connectivity index (χ0v) is 9.79. The fourth-order valence-corrected chi connectivity index (χ4v) is 1.89. The molecule has 3 heteroatoms. The monoisotopic (exact) mass is 223 g/mol. The predicted molar refractivity (Wildman–Crippen MR) is 61.8 cm³/mol. The first-order chi connectivity index (χ1) is 7.57. The average Bonchev–Trinajstić information content (AvgIpc) is 3.00. The maximum Gasteiger partial charge on any atom is 0.165 e. The first kappa shape index (κ1) is 11.4. The summed E-state index contributed by atoms with van der Waals surface area (Å²) in [4.78, 5) is 0. The van der Waals surface area contributed by atoms with Gasteiger partial charge in [0.15, 0.2) is 11.6 Å². The van der Waals surface area contributed by atoms with Gasteiger partial charge in [0.25, 0.3) is 0 Å². The molecule has 0 bridgehead atoms. The standard InChI is InChI=1S/C13H18FNO/c1-3-16-11-5-4-9(8-10(11)14)12(15)13(2)6-7-13/h4-5,8,12H,3,6-7,15H2,1-2H3. The number of halogens is 1. The Kier molecular flexibility index (Phi) is 2.89. The SMILES string of the molecule is CCOc1ccc(C(N)C2(C)CC2)cc1F. The van der Waals surface area contributed by atoms with Crippen LogP contribution < -0.4 is 10.5 Å². The summed E-state index contributed by atoms with van der Waals surface area (Å²) in [7, 11) is 0. The van der Waals surface area contributed by atoms with Crippen molar-refractivity contribution in [3.8, 4) is 5.75 Å². The number of nitrogens with two attached hydrogens (primary N) is 1. The highest BCUT2D eigenvalue weighted by Gasteiger charge is 2.43. The third-order valence-corrected chi connectivity index (χ3v) is 3.40. The van der Waals surface area contributed by atoms with Crippen molar-refractivity contribution < 1.29 is 9.13 Å². The molecule has 0 amide bonds. The van der Waals surface area contributed by atoms with Crippen molar-refractivity contribution in [2.75, 3.05) is 6.61 Å². The van der Waals surface area contributed by atoms with Gasteiger partial charge in [-0.15, -0.1) is 0 Å². The van der Waals surface area contributed by atoms with E-state index in [2.05, 4.69) is 6.92 Å². The van der Waals surface area contributed by atoms with E-state index in [1.54, 1.807) is 6.07 Å². The third kappa shape index (κ3) is 2.05. The number of rotatable bonds is 4. The van der Waals surface area contributed by atoms with Gasteiger partial charge >= 0.3 is 0 Å². The van der Waals surface area contributed by atoms with E-state index in [4.69, 9.17) is 10.5 Å². The zero-order valence-electron chi connectivity index (χ0n) is 9.79. The fourth-order valence-electron chi connectivity index (χ4n) is 1.89. The Balaban J connectivity index is 2.20. The molecule has 0 radical (unpaired) electrons. The van der Waals surface area contributed by atoms with Crippen LogP contribution >= 0.6 is 0 Å². The maximum atomic E-state index is 13.6. The van der Waals surface area contributed by atoms with Gasteiger partial charge in [-0.1, -0.05) is 13.0 Å². The summed E-state index contributed by atoms with van der Waals surface area (Å²) >= 11 is 0. The van der Waals surface area contributed by atoms with Crippen LogP contribution in [0.15, 0.2) is 18.2 Å². The van der Waals surface area contributed by atoms with Gasteiger partial charge in [-0.3, -0.25) is 0 Å². The van der Waals surface area contributed by atoms with E-state index in [1.165, 1.54) is 6.07 Å². The molecule has 1 saturated carbocycles. The molecule has 0 heterocycles. The van der Waals surface area contributed by atoms with Crippen LogP contribution in [0.1, 0.15) is 38.3 Å². The molecule has 2 N–H and O–H groups in total. The smallest absolute Gasteiger partial charge is 0.165 e. The molecule has 0 aliphatic heterocycles. The average molecular weight is 223 g/mol. The molecule has 0 saturated heterocycles. The Morgan fingerprint density at radius 2 is 2.19 bits per heavy atom. The van der Waals surface area contributed by atoms with E-state index in [0.717, 1.165) is 18.4 Å². The maximum absolute atomic E-state index is 13.6. The second kappa shape index (κ2) is 4.06. The second-order valence-corrected chi connectivity index (χ2v) is 4.75. The fraction of sp³-hybridized carbons (Fsp3) is 0.538. The van der Waals surface area contributed by atoms with Crippen molar-refractivity contribution in [2.45, 2.75) is 32.7 Å². The van der Waals surface area contributed by atoms with Crippen LogP contribution in [0.2, 0.25) is 0 Å². The Labute approximate surface area is 95.6 Å². The molecule has 16 heavy (non-hydrogen) atoms. The topological polar surface area (TPSA) is 35.2 Å². The zero-order chi connectivity index (χ0) is 11.8. The first-order valence-corrected chi connectivity index (χ1v) is 5.74. The summed E-state index contributed by atoms with van der Waals surface area (Å²) in [6, 6.07) is 4.96. The molecule has 2 nitrogen and oxygen atoms in total. The largest absolute Gasteiger partial charge is 0.491 e. The van der Waals surface area contributed by atoms with Gasteiger partial charge in [0.05, 0.1) is 6.61 Å². The van der Waals surface area contributed by atoms with E-state index in [9.17, 15) is 4.39 Å². The highest BCUT2D eigenvalue weighted by Crippen LogP contribution is 2.53. The van der Waals surface area contributed by atoms with Crippen LogP contribution in [0.4, 0.5) is 4.39 Å². The minimum Gasteiger partial charge on any atom is -0.491 e. The number of ether oxygens (including phenoxy) is 1. The lowest BCUT2D eigenvalue weighted by Gasteiger charge is -2.19. The van der Waals surface area contributed by atoms with Crippen molar-refractivity contribution in [1.29, 1.82) is 0 Å². The lowest BCUT2D eigenvalue weighted by atomic mass is 9.92. The Bertz CT molecular complexity index is 388. The van der Waals surface area contributed by atoms with Crippen LogP contribution in [0.25, 0.3) is 0 Å². The van der Waals surface area contributed by atoms with Gasteiger partial charge in [-0.2, -0.15) is 0 Å². The molecular formula is C13H18FNO. The van der Waals surface area contributed by atoms with Crippen molar-refractivity contribution in [2.24, 2.45) is 11.1 Å². The molecule has 0 aromatic heterocycles. The van der Waals surface area contributed by atoms with Gasteiger partial charge in [-0.05, 0) is 42.9 Å². The predicted octanol–water partition coefficient (Wildman–Crippen LogP) is 3.02. The normalized spacial score (nSPS) is 19.2. The van der Waals surface area contributed by atoms with Crippen molar-refractivity contribution in [1.82, 2.24) is 0 Å². The molecular weight excluding hydrogens is 205 g/mol. The molecule has 1 aromatic rings. The molecule has 1 aromatic carbocycles. The van der Waals surface area contributed by atoms with Crippen LogP contribution in [0.3, 0.4) is 0 Å². The van der Waals surface area contributed by atoms with E-state index in [0.29, 0.717) is 12.4 Å². The minimum absolute atomic E-state index is 0.0716. The summed E-state index contributed by atoms with van der Waals surface area (Å²) in [5, 5.41) is 0. The van der Waals surface area contributed by atoms with Gasteiger partial charge in [0, 0.05) is 6.04 Å². The molecule has 1 unspecified atom stereocenters. The summed E-state index contributed by atoms with van der Waals surface area (Å²) < 4.78 is 18.8. The Morgan fingerprint density at radius 3 is 2.69 bits per heavy atom. The molecule has 0 spiro atoms. The summed E-state index contributed by atoms with van der Waals surface area (Å²) in [6.45, 7) is 4.45. The van der Waals surface area contributed by atoms with Crippen molar-refractivity contribution in [3.63, 3.8) is 0 Å². The van der Waals surface area contributed by atoms with Crippen LogP contribution in [0.5, 0.6) is 5.75 Å². The number of hydrogen-bond acceptors (Lipinski definition) is 2. The number of hydrogen-bond donors (Lipinski definition) is 1. The van der Waals surface area contributed by atoms with E-state index < -0.39 is 0 Å². The molecule has 1 aliphatic rings. The van der Waals surface area contributed by atoms with Crippen LogP contribution in [0, 0.1) is 11.2 Å². The Morgan fingerprint density at radius 1 is 1.50 bits per heavy atom. The second-order valence-electron chi connectivity index (χ2n) is 4.75. The summed E-state index contributed by atoms with van der Waals surface area (Å²) in [6.07, 6.45) is 2.26. The summed E-state index contributed by atoms with van der Waals surface area (Å²) in [5.41, 5.74) is 7.15. The van der Waals surface area contributed by atoms with Gasteiger partial charge in [0.2, 0.25) is 0 Å². The molecule has 1 aliphatic carbocycles. The number of benzene rings is 1. The van der Waals surface area contributed by atoms with Crippen LogP contribution in [-0.2, 0) is 0 Å². The Hall–Kier alpha value is -1.09. The lowest BCUT2D eigenvalue weighted by molar-refractivity contribution is 0.320. The lowest BCUT2D eigenvalue weighted by Crippen LogP contribution is -2.20. The molecule has 2 rings (SSSR count).